The van der Waals surface area contributed by atoms with Gasteiger partial charge in [-0.2, -0.15) is 0 Å². The number of hydrogen-bond acceptors (Lipinski definition) is 2. The fourth-order valence-corrected chi connectivity index (χ4v) is 9.09. The van der Waals surface area contributed by atoms with Gasteiger partial charge in [-0.05, 0) is 111 Å². The van der Waals surface area contributed by atoms with Crippen molar-refractivity contribution < 1.29 is 0 Å². The molecule has 0 saturated carbocycles. The topological polar surface area (TPSA) is 25.8 Å². The van der Waals surface area contributed by atoms with Gasteiger partial charge in [0.2, 0.25) is 0 Å². The zero-order valence-corrected chi connectivity index (χ0v) is 30.4. The Hall–Kier alpha value is -7.42. The number of fused-ring (bicyclic) bond motifs is 3. The Morgan fingerprint density at radius 3 is 1.36 bits per heavy atom. The van der Waals surface area contributed by atoms with E-state index in [-0.39, 0.29) is 0 Å². The molecule has 0 bridgehead atoms. The van der Waals surface area contributed by atoms with E-state index in [1.54, 1.807) is 0 Å². The van der Waals surface area contributed by atoms with Crippen molar-refractivity contribution >= 4 is 75.4 Å². The summed E-state index contributed by atoms with van der Waals surface area (Å²) in [5.41, 5.74) is 7.28. The smallest absolute Gasteiger partial charge is 0.160 e. The van der Waals surface area contributed by atoms with E-state index < -0.39 is 0 Å². The van der Waals surface area contributed by atoms with Crippen LogP contribution in [0.2, 0.25) is 0 Å². The normalized spacial score (nSPS) is 11.9. The van der Waals surface area contributed by atoms with Crippen LogP contribution >= 0.6 is 0 Å². The summed E-state index contributed by atoms with van der Waals surface area (Å²) in [6, 6.07) is 70.6. The molecule has 11 aromatic carbocycles. The van der Waals surface area contributed by atoms with Gasteiger partial charge >= 0.3 is 0 Å². The molecule has 0 atom stereocenters. The van der Waals surface area contributed by atoms with E-state index in [2.05, 4.69) is 176 Å². The molecule has 0 unspecified atom stereocenters. The number of nitrogens with zero attached hydrogens (tertiary/aromatic N) is 2. The number of aromatic nitrogens is 2. The van der Waals surface area contributed by atoms with Gasteiger partial charge in [0, 0.05) is 16.7 Å². The highest BCUT2D eigenvalue weighted by molar-refractivity contribution is 6.37. The van der Waals surface area contributed by atoms with Crippen molar-refractivity contribution in [2.24, 2.45) is 0 Å². The molecule has 2 heteroatoms. The van der Waals surface area contributed by atoms with Crippen molar-refractivity contribution in [2.45, 2.75) is 0 Å². The first-order chi connectivity index (χ1) is 27.7. The second kappa shape index (κ2) is 12.0. The summed E-state index contributed by atoms with van der Waals surface area (Å²) in [6.07, 6.45) is 0. The van der Waals surface area contributed by atoms with Gasteiger partial charge in [0.1, 0.15) is 0 Å². The van der Waals surface area contributed by atoms with Gasteiger partial charge in [-0.15, -0.1) is 0 Å². The summed E-state index contributed by atoms with van der Waals surface area (Å²) >= 11 is 0. The molecule has 12 aromatic rings. The molecule has 56 heavy (non-hydrogen) atoms. The molecular weight excluding hydrogens is 677 g/mol. The minimum absolute atomic E-state index is 0.716. The molecule has 12 rings (SSSR count). The van der Waals surface area contributed by atoms with Crippen molar-refractivity contribution in [1.82, 2.24) is 9.97 Å². The van der Waals surface area contributed by atoms with Crippen LogP contribution in [0.15, 0.2) is 194 Å². The van der Waals surface area contributed by atoms with Crippen LogP contribution in [0, 0.1) is 0 Å². The average molecular weight is 709 g/mol. The minimum atomic E-state index is 0.716. The third-order valence-corrected chi connectivity index (χ3v) is 11.7. The summed E-state index contributed by atoms with van der Waals surface area (Å²) in [7, 11) is 0. The predicted molar refractivity (Wildman–Crippen MR) is 238 cm³/mol. The van der Waals surface area contributed by atoms with Gasteiger partial charge in [-0.25, -0.2) is 9.97 Å². The van der Waals surface area contributed by atoms with Crippen molar-refractivity contribution in [3.05, 3.63) is 194 Å². The lowest BCUT2D eigenvalue weighted by molar-refractivity contribution is 1.18. The van der Waals surface area contributed by atoms with Crippen molar-refractivity contribution in [1.29, 1.82) is 0 Å². The molecule has 258 valence electrons. The molecule has 0 saturated heterocycles. The lowest BCUT2D eigenvalue weighted by Gasteiger charge is -2.17. The second-order valence-corrected chi connectivity index (χ2v) is 14.9. The number of rotatable bonds is 4. The lowest BCUT2D eigenvalue weighted by atomic mass is 9.86. The summed E-state index contributed by atoms with van der Waals surface area (Å²) in [5.74, 6) is 0.716. The molecule has 2 nitrogen and oxygen atoms in total. The van der Waals surface area contributed by atoms with Crippen LogP contribution in [0.1, 0.15) is 0 Å². The lowest BCUT2D eigenvalue weighted by Crippen LogP contribution is -1.96. The first-order valence-corrected chi connectivity index (χ1v) is 19.2. The largest absolute Gasteiger partial charge is 0.228 e. The zero-order valence-electron chi connectivity index (χ0n) is 30.4. The summed E-state index contributed by atoms with van der Waals surface area (Å²) < 4.78 is 0. The molecule has 0 amide bonds. The monoisotopic (exact) mass is 708 g/mol. The molecule has 0 radical (unpaired) electrons. The molecule has 0 fully saturated rings. The molecule has 0 spiro atoms. The van der Waals surface area contributed by atoms with Crippen LogP contribution < -0.4 is 0 Å². The first kappa shape index (κ1) is 31.0. The minimum Gasteiger partial charge on any atom is -0.228 e. The maximum Gasteiger partial charge on any atom is 0.160 e. The maximum absolute atomic E-state index is 5.13. The van der Waals surface area contributed by atoms with E-state index in [4.69, 9.17) is 9.97 Å². The van der Waals surface area contributed by atoms with Crippen LogP contribution in [0.3, 0.4) is 0 Å². The van der Waals surface area contributed by atoms with Crippen LogP contribution in [-0.4, -0.2) is 9.97 Å². The van der Waals surface area contributed by atoms with Crippen molar-refractivity contribution in [3.63, 3.8) is 0 Å². The zero-order chi connectivity index (χ0) is 36.7. The summed E-state index contributed by atoms with van der Waals surface area (Å²) in [4.78, 5) is 10.2. The molecular formula is C54H32N2. The SMILES string of the molecule is c1ccc(-c2nc(-c3ccc(-c4cc5ccc6cccc7c8cccc9ccc%10cccc(c(c4)c5c67)c%10c98)cc3)cc(-c3ccc4ccccc4c3)n2)cc1. The number of hydrogen-bond donors (Lipinski definition) is 0. The average Bonchev–Trinajstić information content (AvgIpc) is 3.27. The van der Waals surface area contributed by atoms with Crippen LogP contribution in [0.25, 0.3) is 120 Å². The third-order valence-electron chi connectivity index (χ3n) is 11.7. The number of benzene rings is 10. The Balaban J connectivity index is 1.06. The Bertz CT molecular complexity index is 3510. The fourth-order valence-electron chi connectivity index (χ4n) is 9.09. The van der Waals surface area contributed by atoms with E-state index in [9.17, 15) is 0 Å². The van der Waals surface area contributed by atoms with E-state index in [1.807, 2.05) is 18.2 Å². The van der Waals surface area contributed by atoms with E-state index in [0.717, 1.165) is 28.1 Å². The van der Waals surface area contributed by atoms with Gasteiger partial charge in [-0.3, -0.25) is 0 Å². The van der Waals surface area contributed by atoms with Gasteiger partial charge in [-0.1, -0.05) is 170 Å². The van der Waals surface area contributed by atoms with Gasteiger partial charge in [0.25, 0.3) is 0 Å². The van der Waals surface area contributed by atoms with Crippen molar-refractivity contribution in [3.8, 4) is 45.0 Å². The fraction of sp³-hybridized carbons (Fsp3) is 0. The highest BCUT2D eigenvalue weighted by Crippen LogP contribution is 2.44. The quantitative estimate of drug-likeness (QED) is 0.170. The molecule has 1 aromatic heterocycles. The van der Waals surface area contributed by atoms with Crippen LogP contribution in [-0.2, 0) is 0 Å². The standard InChI is InChI=1S/C54H32N2/c1-2-10-39(11-3-1)54-55-48(32-49(56-54)41-27-21-33-9-4-5-12-40(33)29-41)35-22-19-34(20-23-35)43-30-42-28-26-38-14-7-17-45-44-16-6-13-36-24-25-37-15-8-18-46(52(37)50(36)44)47(31-43)53(42)51(38)45/h1-32H. The van der Waals surface area contributed by atoms with Gasteiger partial charge in [0.15, 0.2) is 5.82 Å². The van der Waals surface area contributed by atoms with E-state index >= 15 is 0 Å². The predicted octanol–water partition coefficient (Wildman–Crippen LogP) is 14.7. The van der Waals surface area contributed by atoms with Gasteiger partial charge in [0.05, 0.1) is 11.4 Å². The van der Waals surface area contributed by atoms with Crippen molar-refractivity contribution in [2.75, 3.05) is 0 Å². The van der Waals surface area contributed by atoms with E-state index in [1.165, 1.54) is 86.5 Å². The molecule has 0 N–H and O–H groups in total. The maximum atomic E-state index is 5.13. The van der Waals surface area contributed by atoms with Gasteiger partial charge < -0.3 is 0 Å². The second-order valence-electron chi connectivity index (χ2n) is 14.9. The molecule has 0 aliphatic carbocycles. The Kier molecular flexibility index (Phi) is 6.66. The summed E-state index contributed by atoms with van der Waals surface area (Å²) in [5, 5.41) is 17.9. The highest BCUT2D eigenvalue weighted by Gasteiger charge is 2.17. The Morgan fingerprint density at radius 2 is 0.696 bits per heavy atom. The Labute approximate surface area is 323 Å². The molecule has 1 heterocycles. The Morgan fingerprint density at radius 1 is 0.232 bits per heavy atom. The van der Waals surface area contributed by atoms with E-state index in [0.29, 0.717) is 5.82 Å². The molecule has 0 aliphatic heterocycles. The summed E-state index contributed by atoms with van der Waals surface area (Å²) in [6.45, 7) is 0. The molecule has 0 aliphatic rings. The third kappa shape index (κ3) is 4.76. The van der Waals surface area contributed by atoms with Crippen LogP contribution in [0.4, 0.5) is 0 Å². The van der Waals surface area contributed by atoms with Crippen LogP contribution in [0.5, 0.6) is 0 Å². The highest BCUT2D eigenvalue weighted by atomic mass is 14.9. The first-order valence-electron chi connectivity index (χ1n) is 19.2.